The summed E-state index contributed by atoms with van der Waals surface area (Å²) in [6.07, 6.45) is 9.27. The molecule has 2 fully saturated rings. The monoisotopic (exact) mass is 238 g/mol. The Labute approximate surface area is 105 Å². The summed E-state index contributed by atoms with van der Waals surface area (Å²) in [6.45, 7) is 2.27. The van der Waals surface area contributed by atoms with Gasteiger partial charge in [0.15, 0.2) is 0 Å². The average molecular weight is 238 g/mol. The third-order valence-corrected chi connectivity index (χ3v) is 4.68. The van der Waals surface area contributed by atoms with Gasteiger partial charge in [-0.25, -0.2) is 0 Å². The Morgan fingerprint density at radius 2 is 1.88 bits per heavy atom. The topological polar surface area (TPSA) is 55.1 Å². The second kappa shape index (κ2) is 5.85. The fourth-order valence-corrected chi connectivity index (χ4v) is 3.34. The number of carbonyl (C=O) groups excluding carboxylic acids is 1. The van der Waals surface area contributed by atoms with E-state index in [4.69, 9.17) is 5.73 Å². The molecule has 98 valence electrons. The van der Waals surface area contributed by atoms with Crippen LogP contribution in [0.15, 0.2) is 0 Å². The maximum absolute atomic E-state index is 12.1. The van der Waals surface area contributed by atoms with Crippen molar-refractivity contribution in [1.29, 1.82) is 0 Å². The molecule has 0 bridgehead atoms. The summed E-state index contributed by atoms with van der Waals surface area (Å²) in [5.74, 6) is 1.19. The molecule has 0 saturated heterocycles. The van der Waals surface area contributed by atoms with Crippen molar-refractivity contribution in [2.45, 2.75) is 70.4 Å². The van der Waals surface area contributed by atoms with Gasteiger partial charge in [-0.3, -0.25) is 4.79 Å². The van der Waals surface area contributed by atoms with Crippen molar-refractivity contribution in [3.8, 4) is 0 Å². The highest BCUT2D eigenvalue weighted by Gasteiger charge is 2.32. The summed E-state index contributed by atoms with van der Waals surface area (Å²) >= 11 is 0. The minimum atomic E-state index is 0.0823. The van der Waals surface area contributed by atoms with Gasteiger partial charge >= 0.3 is 0 Å². The Morgan fingerprint density at radius 3 is 2.41 bits per heavy atom. The van der Waals surface area contributed by atoms with E-state index < -0.39 is 0 Å². The summed E-state index contributed by atoms with van der Waals surface area (Å²) in [4.78, 5) is 12.1. The van der Waals surface area contributed by atoms with Crippen LogP contribution in [0.4, 0.5) is 0 Å². The molecule has 2 aliphatic carbocycles. The van der Waals surface area contributed by atoms with Crippen LogP contribution < -0.4 is 11.1 Å². The Bertz CT molecular complexity index is 259. The number of rotatable bonds is 3. The van der Waals surface area contributed by atoms with E-state index >= 15 is 0 Å². The lowest BCUT2D eigenvalue weighted by molar-refractivity contribution is -0.126. The third kappa shape index (κ3) is 3.21. The molecular formula is C14H26N2O. The fourth-order valence-electron chi connectivity index (χ4n) is 3.34. The first-order valence-electron chi connectivity index (χ1n) is 7.26. The number of nitrogens with two attached hydrogens (primary N) is 1. The number of hydrogen-bond acceptors (Lipinski definition) is 2. The first kappa shape index (κ1) is 12.9. The molecule has 17 heavy (non-hydrogen) atoms. The van der Waals surface area contributed by atoms with Gasteiger partial charge < -0.3 is 11.1 Å². The molecule has 0 radical (unpaired) electrons. The van der Waals surface area contributed by atoms with Crippen molar-refractivity contribution >= 4 is 5.91 Å². The zero-order valence-corrected chi connectivity index (χ0v) is 11.0. The largest absolute Gasteiger partial charge is 0.353 e. The van der Waals surface area contributed by atoms with Crippen LogP contribution in [0.3, 0.4) is 0 Å². The van der Waals surface area contributed by atoms with Gasteiger partial charge in [0.05, 0.1) is 5.92 Å². The fraction of sp³-hybridized carbons (Fsp3) is 0.929. The van der Waals surface area contributed by atoms with Gasteiger partial charge in [0, 0.05) is 12.1 Å². The number of carbonyl (C=O) groups is 1. The maximum Gasteiger partial charge on any atom is 0.224 e. The van der Waals surface area contributed by atoms with Gasteiger partial charge in [0.2, 0.25) is 5.91 Å². The minimum absolute atomic E-state index is 0.0823. The number of nitrogens with one attached hydrogen (secondary N) is 1. The van der Waals surface area contributed by atoms with Gasteiger partial charge in [0.1, 0.15) is 0 Å². The predicted molar refractivity (Wildman–Crippen MR) is 69.5 cm³/mol. The van der Waals surface area contributed by atoms with Crippen molar-refractivity contribution in [2.75, 3.05) is 0 Å². The molecule has 0 heterocycles. The maximum atomic E-state index is 12.1. The summed E-state index contributed by atoms with van der Waals surface area (Å²) in [5, 5.41) is 3.22. The summed E-state index contributed by atoms with van der Waals surface area (Å²) in [7, 11) is 0. The zero-order valence-electron chi connectivity index (χ0n) is 11.0. The first-order valence-corrected chi connectivity index (χ1v) is 7.26. The highest BCUT2D eigenvalue weighted by molar-refractivity contribution is 5.80. The summed E-state index contributed by atoms with van der Waals surface area (Å²) in [5.41, 5.74) is 5.97. The van der Waals surface area contributed by atoms with Crippen molar-refractivity contribution in [1.82, 2.24) is 5.32 Å². The summed E-state index contributed by atoms with van der Waals surface area (Å²) < 4.78 is 0. The SMILES string of the molecule is CCC1CCC(NC(=O)C2CCCC2N)CC1. The molecule has 0 spiro atoms. The normalized spacial score (nSPS) is 38.0. The van der Waals surface area contributed by atoms with E-state index in [0.717, 1.165) is 38.0 Å². The Balaban J connectivity index is 1.76. The van der Waals surface area contributed by atoms with E-state index in [1.54, 1.807) is 0 Å². The lowest BCUT2D eigenvalue weighted by Crippen LogP contribution is -2.44. The molecule has 0 aromatic heterocycles. The molecule has 3 N–H and O–H groups in total. The highest BCUT2D eigenvalue weighted by Crippen LogP contribution is 2.28. The molecule has 0 aromatic carbocycles. The van der Waals surface area contributed by atoms with Crippen molar-refractivity contribution < 1.29 is 4.79 Å². The van der Waals surface area contributed by atoms with E-state index in [0.29, 0.717) is 6.04 Å². The van der Waals surface area contributed by atoms with Crippen molar-refractivity contribution in [3.63, 3.8) is 0 Å². The van der Waals surface area contributed by atoms with Crippen molar-refractivity contribution in [2.24, 2.45) is 17.6 Å². The van der Waals surface area contributed by atoms with E-state index in [1.165, 1.54) is 19.3 Å². The van der Waals surface area contributed by atoms with Gasteiger partial charge in [-0.05, 0) is 44.4 Å². The first-order chi connectivity index (χ1) is 8.20. The molecule has 2 aliphatic rings. The average Bonchev–Trinajstić information content (AvgIpc) is 2.76. The van der Waals surface area contributed by atoms with Crippen LogP contribution in [0, 0.1) is 11.8 Å². The van der Waals surface area contributed by atoms with Gasteiger partial charge in [-0.1, -0.05) is 19.8 Å². The molecule has 1 amide bonds. The molecule has 2 unspecified atom stereocenters. The van der Waals surface area contributed by atoms with Crippen LogP contribution in [-0.4, -0.2) is 18.0 Å². The number of amides is 1. The van der Waals surface area contributed by atoms with E-state index in [2.05, 4.69) is 12.2 Å². The van der Waals surface area contributed by atoms with Crippen LogP contribution in [0.1, 0.15) is 58.3 Å². The molecule has 3 nitrogen and oxygen atoms in total. The van der Waals surface area contributed by atoms with Gasteiger partial charge in [0.25, 0.3) is 0 Å². The molecular weight excluding hydrogens is 212 g/mol. The predicted octanol–water partition coefficient (Wildman–Crippen LogP) is 2.20. The highest BCUT2D eigenvalue weighted by atomic mass is 16.2. The van der Waals surface area contributed by atoms with Crippen LogP contribution in [0.25, 0.3) is 0 Å². The Morgan fingerprint density at radius 1 is 1.18 bits per heavy atom. The molecule has 2 rings (SSSR count). The number of hydrogen-bond donors (Lipinski definition) is 2. The van der Waals surface area contributed by atoms with Crippen LogP contribution in [0.5, 0.6) is 0 Å². The second-order valence-corrected chi connectivity index (χ2v) is 5.84. The lowest BCUT2D eigenvalue weighted by atomic mass is 9.84. The minimum Gasteiger partial charge on any atom is -0.353 e. The molecule has 2 atom stereocenters. The van der Waals surface area contributed by atoms with E-state index in [9.17, 15) is 4.79 Å². The molecule has 0 aromatic rings. The Hall–Kier alpha value is -0.570. The lowest BCUT2D eigenvalue weighted by Gasteiger charge is -2.29. The summed E-state index contributed by atoms with van der Waals surface area (Å²) in [6, 6.07) is 0.514. The van der Waals surface area contributed by atoms with Gasteiger partial charge in [-0.15, -0.1) is 0 Å². The van der Waals surface area contributed by atoms with Crippen molar-refractivity contribution in [3.05, 3.63) is 0 Å². The van der Waals surface area contributed by atoms with E-state index in [-0.39, 0.29) is 17.9 Å². The van der Waals surface area contributed by atoms with Gasteiger partial charge in [-0.2, -0.15) is 0 Å². The standard InChI is InChI=1S/C14H26N2O/c1-2-10-6-8-11(9-7-10)16-14(17)12-4-3-5-13(12)15/h10-13H,2-9,15H2,1H3,(H,16,17). The second-order valence-electron chi connectivity index (χ2n) is 5.84. The molecule has 2 saturated carbocycles. The smallest absolute Gasteiger partial charge is 0.224 e. The quantitative estimate of drug-likeness (QED) is 0.792. The zero-order chi connectivity index (χ0) is 12.3. The van der Waals surface area contributed by atoms with Crippen LogP contribution >= 0.6 is 0 Å². The van der Waals surface area contributed by atoms with Crippen LogP contribution in [-0.2, 0) is 4.79 Å². The van der Waals surface area contributed by atoms with E-state index in [1.807, 2.05) is 0 Å². The molecule has 0 aliphatic heterocycles. The Kier molecular flexibility index (Phi) is 4.43. The van der Waals surface area contributed by atoms with Crippen LogP contribution in [0.2, 0.25) is 0 Å². The molecule has 3 heteroatoms. The third-order valence-electron chi connectivity index (χ3n) is 4.68.